The molecule has 0 aliphatic heterocycles. The summed E-state index contributed by atoms with van der Waals surface area (Å²) in [5, 5.41) is 2.43. The first-order chi connectivity index (χ1) is 11.8. The number of benzene rings is 2. The molecule has 25 heavy (non-hydrogen) atoms. The standard InChI is InChI=1S/C22H26O2Si/c1-17-15-18(16-21(17)23)24-25(22(2,3)4,19-11-7-5-8-12-19)20-13-9-6-10-14-20/h5-14,18H,1,15-16H2,2-4H3/t18-/m0/s1. The van der Waals surface area contributed by atoms with E-state index in [4.69, 9.17) is 4.43 Å². The van der Waals surface area contributed by atoms with Gasteiger partial charge in [-0.2, -0.15) is 0 Å². The molecule has 2 aromatic rings. The molecule has 0 radical (unpaired) electrons. The number of carbonyl (C=O) groups excluding carboxylic acids is 1. The van der Waals surface area contributed by atoms with E-state index in [0.717, 1.165) is 0 Å². The van der Waals surface area contributed by atoms with Crippen molar-refractivity contribution in [2.75, 3.05) is 0 Å². The lowest BCUT2D eigenvalue weighted by molar-refractivity contribution is -0.115. The number of rotatable bonds is 4. The monoisotopic (exact) mass is 350 g/mol. The quantitative estimate of drug-likeness (QED) is 0.618. The molecular weight excluding hydrogens is 324 g/mol. The van der Waals surface area contributed by atoms with Crippen LogP contribution in [0, 0.1) is 0 Å². The Balaban J connectivity index is 2.16. The Morgan fingerprint density at radius 1 is 0.920 bits per heavy atom. The molecule has 0 heterocycles. The van der Waals surface area contributed by atoms with Crippen LogP contribution in [0.15, 0.2) is 72.8 Å². The predicted molar refractivity (Wildman–Crippen MR) is 106 cm³/mol. The van der Waals surface area contributed by atoms with Crippen molar-refractivity contribution >= 4 is 24.5 Å². The van der Waals surface area contributed by atoms with E-state index in [1.807, 2.05) is 12.1 Å². The molecular formula is C22H26O2Si. The van der Waals surface area contributed by atoms with Gasteiger partial charge in [0.05, 0.1) is 6.10 Å². The topological polar surface area (TPSA) is 26.3 Å². The Morgan fingerprint density at radius 2 is 1.40 bits per heavy atom. The van der Waals surface area contributed by atoms with Crippen LogP contribution < -0.4 is 10.4 Å². The van der Waals surface area contributed by atoms with Gasteiger partial charge >= 0.3 is 0 Å². The van der Waals surface area contributed by atoms with Gasteiger partial charge in [0, 0.05) is 12.8 Å². The summed E-state index contributed by atoms with van der Waals surface area (Å²) in [5.41, 5.74) is 0.697. The molecule has 1 atom stereocenters. The van der Waals surface area contributed by atoms with Crippen molar-refractivity contribution in [3.63, 3.8) is 0 Å². The third-order valence-electron chi connectivity index (χ3n) is 5.04. The van der Waals surface area contributed by atoms with Gasteiger partial charge < -0.3 is 4.43 Å². The van der Waals surface area contributed by atoms with Gasteiger partial charge in [-0.05, 0) is 21.0 Å². The van der Waals surface area contributed by atoms with E-state index in [1.165, 1.54) is 10.4 Å². The summed E-state index contributed by atoms with van der Waals surface area (Å²) in [4.78, 5) is 12.0. The molecule has 0 spiro atoms. The third kappa shape index (κ3) is 3.26. The van der Waals surface area contributed by atoms with Crippen LogP contribution >= 0.6 is 0 Å². The lowest BCUT2D eigenvalue weighted by atomic mass is 10.2. The van der Waals surface area contributed by atoms with E-state index in [9.17, 15) is 4.79 Å². The van der Waals surface area contributed by atoms with E-state index in [2.05, 4.69) is 75.9 Å². The molecule has 3 rings (SSSR count). The molecule has 1 aliphatic carbocycles. The smallest absolute Gasteiger partial charge is 0.261 e. The molecule has 0 amide bonds. The summed E-state index contributed by atoms with van der Waals surface area (Å²) in [6.45, 7) is 10.7. The average Bonchev–Trinajstić information content (AvgIpc) is 2.91. The molecule has 0 unspecified atom stereocenters. The van der Waals surface area contributed by atoms with E-state index < -0.39 is 8.32 Å². The minimum atomic E-state index is -2.57. The summed E-state index contributed by atoms with van der Waals surface area (Å²) in [7, 11) is -2.57. The normalized spacial score (nSPS) is 18.6. The van der Waals surface area contributed by atoms with Gasteiger partial charge in [-0.1, -0.05) is 88.0 Å². The van der Waals surface area contributed by atoms with Gasteiger partial charge in [0.1, 0.15) is 0 Å². The summed E-state index contributed by atoms with van der Waals surface area (Å²) in [6.07, 6.45) is 1.01. The van der Waals surface area contributed by atoms with Crippen molar-refractivity contribution in [2.24, 2.45) is 0 Å². The van der Waals surface area contributed by atoms with E-state index in [1.54, 1.807) is 0 Å². The van der Waals surface area contributed by atoms with Crippen LogP contribution in [0.4, 0.5) is 0 Å². The predicted octanol–water partition coefficient (Wildman–Crippen LogP) is 3.85. The molecule has 2 nitrogen and oxygen atoms in total. The summed E-state index contributed by atoms with van der Waals surface area (Å²) >= 11 is 0. The molecule has 2 aromatic carbocycles. The van der Waals surface area contributed by atoms with Gasteiger partial charge in [0.25, 0.3) is 8.32 Å². The van der Waals surface area contributed by atoms with Gasteiger partial charge in [0.2, 0.25) is 0 Å². The van der Waals surface area contributed by atoms with Gasteiger partial charge in [0.15, 0.2) is 5.78 Å². The summed E-state index contributed by atoms with van der Waals surface area (Å²) < 4.78 is 6.93. The van der Waals surface area contributed by atoms with Gasteiger partial charge in [-0.15, -0.1) is 0 Å². The van der Waals surface area contributed by atoms with Crippen molar-refractivity contribution in [1.29, 1.82) is 0 Å². The van der Waals surface area contributed by atoms with Crippen LogP contribution in [0.3, 0.4) is 0 Å². The van der Waals surface area contributed by atoms with Crippen LogP contribution in [0.5, 0.6) is 0 Å². The fourth-order valence-electron chi connectivity index (χ4n) is 3.84. The van der Waals surface area contributed by atoms with Crippen LogP contribution in [0.2, 0.25) is 5.04 Å². The Morgan fingerprint density at radius 3 is 1.76 bits per heavy atom. The molecule has 130 valence electrons. The molecule has 1 fully saturated rings. The van der Waals surface area contributed by atoms with Gasteiger partial charge in [-0.25, -0.2) is 0 Å². The summed E-state index contributed by atoms with van der Waals surface area (Å²) in [6, 6.07) is 21.1. The highest BCUT2D eigenvalue weighted by molar-refractivity contribution is 6.99. The first kappa shape index (κ1) is 17.8. The first-order valence-corrected chi connectivity index (χ1v) is 10.8. The second kappa shape index (κ2) is 6.73. The maximum Gasteiger partial charge on any atom is 0.261 e. The molecule has 1 aliphatic rings. The van der Waals surface area contributed by atoms with Crippen LogP contribution in [-0.4, -0.2) is 20.2 Å². The maximum absolute atomic E-state index is 12.0. The molecule has 0 aromatic heterocycles. The van der Waals surface area contributed by atoms with Gasteiger partial charge in [-0.3, -0.25) is 4.79 Å². The maximum atomic E-state index is 12.0. The minimum absolute atomic E-state index is 0.0668. The first-order valence-electron chi connectivity index (χ1n) is 8.84. The zero-order valence-corrected chi connectivity index (χ0v) is 16.3. The van der Waals surface area contributed by atoms with Crippen molar-refractivity contribution in [2.45, 2.75) is 44.8 Å². The number of ketones is 1. The van der Waals surface area contributed by atoms with E-state index in [-0.39, 0.29) is 16.9 Å². The number of hydrogen-bond donors (Lipinski definition) is 0. The SMILES string of the molecule is C=C1C[C@H](O[Si](c2ccccc2)(c2ccccc2)C(C)(C)C)CC1=O. The number of hydrogen-bond acceptors (Lipinski definition) is 2. The second-order valence-corrected chi connectivity index (χ2v) is 12.1. The number of carbonyl (C=O) groups is 1. The molecule has 1 saturated carbocycles. The Hall–Kier alpha value is -1.97. The number of Topliss-reactive ketones (excluding diaryl/α,β-unsaturated/α-hetero) is 1. The highest BCUT2D eigenvalue weighted by Crippen LogP contribution is 2.39. The zero-order chi connectivity index (χ0) is 18.1. The van der Waals surface area contributed by atoms with Crippen molar-refractivity contribution < 1.29 is 9.22 Å². The van der Waals surface area contributed by atoms with Crippen molar-refractivity contribution in [3.8, 4) is 0 Å². The fraction of sp³-hybridized carbons (Fsp3) is 0.318. The lowest BCUT2D eigenvalue weighted by Crippen LogP contribution is -2.67. The molecule has 0 bridgehead atoms. The third-order valence-corrected chi connectivity index (χ3v) is 10.1. The van der Waals surface area contributed by atoms with Crippen molar-refractivity contribution in [1.82, 2.24) is 0 Å². The lowest BCUT2D eigenvalue weighted by Gasteiger charge is -2.44. The van der Waals surface area contributed by atoms with Crippen LogP contribution in [-0.2, 0) is 9.22 Å². The molecule has 3 heteroatoms. The van der Waals surface area contributed by atoms with E-state index in [0.29, 0.717) is 18.4 Å². The van der Waals surface area contributed by atoms with Crippen LogP contribution in [0.1, 0.15) is 33.6 Å². The molecule has 0 N–H and O–H groups in total. The van der Waals surface area contributed by atoms with Crippen molar-refractivity contribution in [3.05, 3.63) is 72.8 Å². The Labute approximate surface area is 151 Å². The highest BCUT2D eigenvalue weighted by Gasteiger charge is 2.52. The summed E-state index contributed by atoms with van der Waals surface area (Å²) in [5.74, 6) is 0.142. The second-order valence-electron chi connectivity index (χ2n) is 7.84. The largest absolute Gasteiger partial charge is 0.404 e. The van der Waals surface area contributed by atoms with E-state index >= 15 is 0 Å². The zero-order valence-electron chi connectivity index (χ0n) is 15.3. The minimum Gasteiger partial charge on any atom is -0.404 e. The highest BCUT2D eigenvalue weighted by atomic mass is 28.4. The Bertz CT molecular complexity index is 704. The Kier molecular flexibility index (Phi) is 4.81. The van der Waals surface area contributed by atoms with Crippen LogP contribution in [0.25, 0.3) is 0 Å². The average molecular weight is 351 g/mol. The fourth-order valence-corrected chi connectivity index (χ4v) is 8.52. The molecule has 0 saturated heterocycles.